The summed E-state index contributed by atoms with van der Waals surface area (Å²) in [7, 11) is 0. The molecule has 29 heavy (non-hydrogen) atoms. The first-order valence-electron chi connectivity index (χ1n) is 9.70. The molecule has 0 aliphatic carbocycles. The van der Waals surface area contributed by atoms with Crippen LogP contribution < -0.4 is 5.32 Å². The topological polar surface area (TPSA) is 52.6 Å². The lowest BCUT2D eigenvalue weighted by molar-refractivity contribution is -0.137. The Bertz CT molecular complexity index is 816. The molecule has 1 aliphatic heterocycles. The summed E-state index contributed by atoms with van der Waals surface area (Å²) in [5, 5.41) is 11.4. The molecule has 1 amide bonds. The first-order valence-corrected chi connectivity index (χ1v) is 9.70. The summed E-state index contributed by atoms with van der Waals surface area (Å²) in [6.45, 7) is 2.40. The van der Waals surface area contributed by atoms with Gasteiger partial charge in [-0.05, 0) is 35.6 Å². The number of nitrogens with zero attached hydrogens (tertiary/aromatic N) is 1. The smallest absolute Gasteiger partial charge is 0.395 e. The Morgan fingerprint density at radius 1 is 1.03 bits per heavy atom. The number of hydrogen-bond donors (Lipinski definition) is 2. The van der Waals surface area contributed by atoms with Crippen molar-refractivity contribution in [1.29, 1.82) is 0 Å². The van der Waals surface area contributed by atoms with Crippen LogP contribution in [0.25, 0.3) is 0 Å². The molecular formula is C22H25F3N2O2. The van der Waals surface area contributed by atoms with Gasteiger partial charge in [0.15, 0.2) is 0 Å². The van der Waals surface area contributed by atoms with E-state index in [0.717, 1.165) is 23.7 Å². The number of benzene rings is 2. The van der Waals surface area contributed by atoms with E-state index in [-0.39, 0.29) is 25.0 Å². The number of hydrogen-bond acceptors (Lipinski definition) is 3. The van der Waals surface area contributed by atoms with Crippen molar-refractivity contribution in [3.8, 4) is 0 Å². The highest BCUT2D eigenvalue weighted by Crippen LogP contribution is 2.29. The van der Waals surface area contributed by atoms with E-state index in [1.165, 1.54) is 12.1 Å². The maximum atomic E-state index is 12.8. The standard InChI is InChI=1S/C22H25F3N2O2/c23-22(24,25)20-3-1-2-17(12-20)7-4-16-5-8-18(9-6-16)13-27-14-19(15-27)21(29)26-10-11-28/h1-3,5-6,8-9,12,19,28H,4,7,10-11,13-15H2,(H,26,29). The third-order valence-corrected chi connectivity index (χ3v) is 5.12. The third kappa shape index (κ3) is 6.05. The second-order valence-corrected chi connectivity index (χ2v) is 7.42. The fourth-order valence-electron chi connectivity index (χ4n) is 3.45. The Morgan fingerprint density at radius 2 is 1.69 bits per heavy atom. The first kappa shape index (κ1) is 21.3. The van der Waals surface area contributed by atoms with Crippen LogP contribution in [0.15, 0.2) is 48.5 Å². The molecule has 0 saturated carbocycles. The van der Waals surface area contributed by atoms with Crippen molar-refractivity contribution in [3.63, 3.8) is 0 Å². The van der Waals surface area contributed by atoms with E-state index in [1.54, 1.807) is 6.07 Å². The molecule has 1 heterocycles. The predicted molar refractivity (Wildman–Crippen MR) is 104 cm³/mol. The molecule has 4 nitrogen and oxygen atoms in total. The predicted octanol–water partition coefficient (Wildman–Crippen LogP) is 3.03. The van der Waals surface area contributed by atoms with Gasteiger partial charge in [-0.2, -0.15) is 13.2 Å². The van der Waals surface area contributed by atoms with E-state index in [4.69, 9.17) is 5.11 Å². The average molecular weight is 406 g/mol. The van der Waals surface area contributed by atoms with Crippen LogP contribution in [0.5, 0.6) is 0 Å². The quantitative estimate of drug-likeness (QED) is 0.709. The van der Waals surface area contributed by atoms with E-state index < -0.39 is 11.7 Å². The minimum Gasteiger partial charge on any atom is -0.395 e. The zero-order valence-electron chi connectivity index (χ0n) is 16.1. The van der Waals surface area contributed by atoms with Gasteiger partial charge < -0.3 is 10.4 Å². The summed E-state index contributed by atoms with van der Waals surface area (Å²) in [6.07, 6.45) is -3.08. The zero-order chi connectivity index (χ0) is 20.9. The second kappa shape index (κ2) is 9.41. The van der Waals surface area contributed by atoms with Crippen LogP contribution in [0.4, 0.5) is 13.2 Å². The van der Waals surface area contributed by atoms with E-state index in [2.05, 4.69) is 10.2 Å². The first-order chi connectivity index (χ1) is 13.8. The van der Waals surface area contributed by atoms with Crippen molar-refractivity contribution >= 4 is 5.91 Å². The van der Waals surface area contributed by atoms with Crippen LogP contribution in [-0.4, -0.2) is 42.2 Å². The fourth-order valence-corrected chi connectivity index (χ4v) is 3.45. The van der Waals surface area contributed by atoms with Crippen molar-refractivity contribution in [1.82, 2.24) is 10.2 Å². The number of rotatable bonds is 8. The molecule has 2 N–H and O–H groups in total. The lowest BCUT2D eigenvalue weighted by Gasteiger charge is -2.38. The highest BCUT2D eigenvalue weighted by molar-refractivity contribution is 5.79. The average Bonchev–Trinajstić information content (AvgIpc) is 2.67. The van der Waals surface area contributed by atoms with Gasteiger partial charge in [-0.25, -0.2) is 0 Å². The largest absolute Gasteiger partial charge is 0.416 e. The van der Waals surface area contributed by atoms with Gasteiger partial charge in [0.1, 0.15) is 0 Å². The Morgan fingerprint density at radius 3 is 2.34 bits per heavy atom. The van der Waals surface area contributed by atoms with Gasteiger partial charge in [0, 0.05) is 26.2 Å². The van der Waals surface area contributed by atoms with E-state index in [0.29, 0.717) is 31.5 Å². The van der Waals surface area contributed by atoms with Crippen LogP contribution in [0.2, 0.25) is 0 Å². The number of carbonyl (C=O) groups excluding carboxylic acids is 1. The number of alkyl halides is 3. The number of aliphatic hydroxyl groups is 1. The number of aryl methyl sites for hydroxylation is 2. The molecule has 0 unspecified atom stereocenters. The summed E-state index contributed by atoms with van der Waals surface area (Å²) < 4.78 is 38.4. The number of aliphatic hydroxyl groups excluding tert-OH is 1. The fraction of sp³-hybridized carbons (Fsp3) is 0.409. The van der Waals surface area contributed by atoms with Crippen LogP contribution in [0.1, 0.15) is 22.3 Å². The minimum absolute atomic E-state index is 0.0137. The summed E-state index contributed by atoms with van der Waals surface area (Å²) in [5.74, 6) is -0.0338. The molecule has 1 aliphatic rings. The van der Waals surface area contributed by atoms with Crippen molar-refractivity contribution in [2.45, 2.75) is 25.6 Å². The summed E-state index contributed by atoms with van der Waals surface area (Å²) >= 11 is 0. The SMILES string of the molecule is O=C(NCCO)C1CN(Cc2ccc(CCc3cccc(C(F)(F)F)c3)cc2)C1. The van der Waals surface area contributed by atoms with Crippen LogP contribution in [0, 0.1) is 5.92 Å². The van der Waals surface area contributed by atoms with Crippen LogP contribution >= 0.6 is 0 Å². The number of likely N-dealkylation sites (tertiary alicyclic amines) is 1. The zero-order valence-corrected chi connectivity index (χ0v) is 16.1. The molecule has 0 aromatic heterocycles. The third-order valence-electron chi connectivity index (χ3n) is 5.12. The van der Waals surface area contributed by atoms with Gasteiger partial charge in [-0.15, -0.1) is 0 Å². The van der Waals surface area contributed by atoms with E-state index in [1.807, 2.05) is 24.3 Å². The molecule has 0 radical (unpaired) electrons. The number of carbonyl (C=O) groups is 1. The lowest BCUT2D eigenvalue weighted by atomic mass is 9.97. The Labute approximate surface area is 168 Å². The number of nitrogens with one attached hydrogen (secondary N) is 1. The summed E-state index contributed by atoms with van der Waals surface area (Å²) in [6, 6.07) is 13.6. The molecular weight excluding hydrogens is 381 g/mol. The molecule has 0 atom stereocenters. The van der Waals surface area contributed by atoms with Crippen molar-refractivity contribution < 1.29 is 23.1 Å². The molecule has 156 valence electrons. The summed E-state index contributed by atoms with van der Waals surface area (Å²) in [5.41, 5.74) is 2.29. The maximum Gasteiger partial charge on any atom is 0.416 e. The summed E-state index contributed by atoms with van der Waals surface area (Å²) in [4.78, 5) is 14.0. The highest BCUT2D eigenvalue weighted by Gasteiger charge is 2.32. The monoisotopic (exact) mass is 406 g/mol. The highest BCUT2D eigenvalue weighted by atomic mass is 19.4. The molecule has 7 heteroatoms. The Balaban J connectivity index is 1.45. The Hall–Kier alpha value is -2.38. The van der Waals surface area contributed by atoms with Gasteiger partial charge in [-0.1, -0.05) is 42.5 Å². The van der Waals surface area contributed by atoms with Crippen LogP contribution in [0.3, 0.4) is 0 Å². The van der Waals surface area contributed by atoms with Gasteiger partial charge in [0.2, 0.25) is 5.91 Å². The number of amides is 1. The molecule has 2 aromatic carbocycles. The van der Waals surface area contributed by atoms with Gasteiger partial charge in [-0.3, -0.25) is 9.69 Å². The van der Waals surface area contributed by atoms with Gasteiger partial charge >= 0.3 is 6.18 Å². The molecule has 0 bridgehead atoms. The number of halogens is 3. The maximum absolute atomic E-state index is 12.8. The Kier molecular flexibility index (Phi) is 6.92. The van der Waals surface area contributed by atoms with Crippen LogP contribution in [-0.2, 0) is 30.4 Å². The van der Waals surface area contributed by atoms with Gasteiger partial charge in [0.05, 0.1) is 18.1 Å². The normalized spacial score (nSPS) is 15.2. The van der Waals surface area contributed by atoms with Crippen molar-refractivity contribution in [2.75, 3.05) is 26.2 Å². The molecule has 3 rings (SSSR count). The van der Waals surface area contributed by atoms with E-state index in [9.17, 15) is 18.0 Å². The lowest BCUT2D eigenvalue weighted by Crippen LogP contribution is -2.53. The van der Waals surface area contributed by atoms with Crippen molar-refractivity contribution in [2.24, 2.45) is 5.92 Å². The molecule has 2 aromatic rings. The molecule has 1 fully saturated rings. The van der Waals surface area contributed by atoms with E-state index >= 15 is 0 Å². The minimum atomic E-state index is -4.31. The van der Waals surface area contributed by atoms with Gasteiger partial charge in [0.25, 0.3) is 0 Å². The molecule has 0 spiro atoms. The molecule has 1 saturated heterocycles. The van der Waals surface area contributed by atoms with Crippen molar-refractivity contribution in [3.05, 3.63) is 70.8 Å². The second-order valence-electron chi connectivity index (χ2n) is 7.42.